The lowest BCUT2D eigenvalue weighted by Crippen LogP contribution is -2.55. The highest BCUT2D eigenvalue weighted by Gasteiger charge is 2.78. The third kappa shape index (κ3) is 2.91. The first-order chi connectivity index (χ1) is 17.9. The van der Waals surface area contributed by atoms with Crippen molar-refractivity contribution in [2.45, 2.75) is 17.3 Å². The minimum atomic E-state index is -0.620. The molecule has 186 valence electrons. The fourth-order valence-corrected chi connectivity index (χ4v) is 7.77. The number of esters is 1. The van der Waals surface area contributed by atoms with Crippen LogP contribution in [0.5, 0.6) is 5.75 Å². The Bertz CT molecular complexity index is 1430. The van der Waals surface area contributed by atoms with Crippen LogP contribution in [0.4, 0.5) is 0 Å². The molecule has 2 fully saturated rings. The lowest BCUT2D eigenvalue weighted by atomic mass is 9.43. The minimum Gasteiger partial charge on any atom is -0.480 e. The second kappa shape index (κ2) is 8.07. The molecule has 1 aliphatic heterocycles. The molecule has 0 bridgehead atoms. The molecule has 1 saturated heterocycles. The van der Waals surface area contributed by atoms with Gasteiger partial charge in [-0.25, -0.2) is 4.79 Å². The van der Waals surface area contributed by atoms with Gasteiger partial charge in [-0.3, -0.25) is 14.5 Å². The maximum absolute atomic E-state index is 13.6. The Labute approximate surface area is 223 Å². The molecule has 6 nitrogen and oxygen atoms in total. The average Bonchev–Trinajstić information content (AvgIpc) is 3.24. The largest absolute Gasteiger partial charge is 0.480 e. The van der Waals surface area contributed by atoms with Crippen LogP contribution in [0, 0.1) is 11.8 Å². The molecule has 2 amide bonds. The summed E-state index contributed by atoms with van der Waals surface area (Å²) in [6.07, 6.45) is 0. The van der Waals surface area contributed by atoms with Crippen LogP contribution in [0.3, 0.4) is 0 Å². The van der Waals surface area contributed by atoms with E-state index in [9.17, 15) is 14.4 Å². The number of ether oxygens (including phenoxy) is 2. The monoisotopic (exact) mass is 533 g/mol. The van der Waals surface area contributed by atoms with E-state index >= 15 is 0 Å². The zero-order valence-corrected chi connectivity index (χ0v) is 21.0. The van der Waals surface area contributed by atoms with Gasteiger partial charge >= 0.3 is 5.97 Å². The quantitative estimate of drug-likeness (QED) is 0.339. The molecule has 3 aliphatic carbocycles. The van der Waals surface area contributed by atoms with E-state index in [2.05, 4.69) is 24.3 Å². The Morgan fingerprint density at radius 3 is 2.05 bits per heavy atom. The molecule has 7 rings (SSSR count). The fraction of sp³-hybridized carbons (Fsp3) is 0.276. The summed E-state index contributed by atoms with van der Waals surface area (Å²) in [4.78, 5) is 40.7. The Kier molecular flexibility index (Phi) is 4.98. The van der Waals surface area contributed by atoms with E-state index in [4.69, 9.17) is 32.7 Å². The van der Waals surface area contributed by atoms with Crippen LogP contribution in [0.25, 0.3) is 0 Å². The molecule has 0 aromatic heterocycles. The molecule has 37 heavy (non-hydrogen) atoms. The van der Waals surface area contributed by atoms with Crippen molar-refractivity contribution >= 4 is 41.0 Å². The van der Waals surface area contributed by atoms with E-state index in [0.29, 0.717) is 10.8 Å². The molecule has 0 radical (unpaired) electrons. The van der Waals surface area contributed by atoms with Gasteiger partial charge in [0.2, 0.25) is 11.8 Å². The lowest BCUT2D eigenvalue weighted by molar-refractivity contribution is -0.150. The number of rotatable bonds is 6. The maximum atomic E-state index is 13.6. The third-order valence-corrected chi connectivity index (χ3v) is 9.02. The van der Waals surface area contributed by atoms with Crippen molar-refractivity contribution in [1.29, 1.82) is 0 Å². The van der Waals surface area contributed by atoms with Crippen molar-refractivity contribution in [3.63, 3.8) is 0 Å². The van der Waals surface area contributed by atoms with Crippen molar-refractivity contribution in [2.75, 3.05) is 19.8 Å². The maximum Gasteiger partial charge on any atom is 0.344 e. The number of carbonyl (C=O) groups excluding carboxylic acids is 3. The molecule has 0 N–H and O–H groups in total. The average molecular weight is 534 g/mol. The number of carbonyl (C=O) groups is 3. The summed E-state index contributed by atoms with van der Waals surface area (Å²) in [5.74, 6) is -1.46. The number of nitrogens with zero attached hydrogens (tertiary/aromatic N) is 1. The van der Waals surface area contributed by atoms with Crippen LogP contribution in [-0.4, -0.2) is 42.4 Å². The van der Waals surface area contributed by atoms with Crippen molar-refractivity contribution < 1.29 is 23.9 Å². The Morgan fingerprint density at radius 1 is 0.865 bits per heavy atom. The zero-order valence-electron chi connectivity index (χ0n) is 19.5. The molecular formula is C29H21Cl2NO5. The highest BCUT2D eigenvalue weighted by atomic mass is 35.5. The van der Waals surface area contributed by atoms with Crippen molar-refractivity contribution in [3.05, 3.63) is 99.0 Å². The summed E-state index contributed by atoms with van der Waals surface area (Å²) in [5, 5.41) is 0.740. The predicted octanol–water partition coefficient (Wildman–Crippen LogP) is 4.71. The van der Waals surface area contributed by atoms with Crippen LogP contribution >= 0.6 is 23.2 Å². The Balaban J connectivity index is 1.06. The van der Waals surface area contributed by atoms with Gasteiger partial charge < -0.3 is 9.47 Å². The number of benzene rings is 3. The second-order valence-corrected chi connectivity index (χ2v) is 10.8. The standard InChI is InChI=1S/C29H21Cl2NO5/c30-15-9-10-21(20(31)13-15)37-14-22(33)36-12-11-32-27(34)23-24(28(32)35)26-17-6-2-4-8-19(17)29(26)18-7-3-1-5-16(18)25(23)29/h1-10,13,23-26H,11-12,14H2. The van der Waals surface area contributed by atoms with Crippen LogP contribution in [0.2, 0.25) is 10.0 Å². The summed E-state index contributed by atoms with van der Waals surface area (Å²) in [7, 11) is 0. The van der Waals surface area contributed by atoms with Gasteiger partial charge in [-0.05, 0) is 40.5 Å². The minimum absolute atomic E-state index is 0.00451. The van der Waals surface area contributed by atoms with Gasteiger partial charge in [-0.2, -0.15) is 0 Å². The highest BCUT2D eigenvalue weighted by molar-refractivity contribution is 6.35. The molecule has 1 heterocycles. The summed E-state index contributed by atoms with van der Waals surface area (Å²) in [6, 6.07) is 21.2. The van der Waals surface area contributed by atoms with E-state index in [1.54, 1.807) is 12.1 Å². The van der Waals surface area contributed by atoms with Gasteiger partial charge in [0.15, 0.2) is 6.61 Å². The van der Waals surface area contributed by atoms with Gasteiger partial charge in [0.1, 0.15) is 12.4 Å². The number of hydrogen-bond donors (Lipinski definition) is 0. The molecule has 8 heteroatoms. The van der Waals surface area contributed by atoms with E-state index < -0.39 is 17.8 Å². The highest BCUT2D eigenvalue weighted by Crippen LogP contribution is 2.80. The third-order valence-electron chi connectivity index (χ3n) is 8.49. The van der Waals surface area contributed by atoms with Gasteiger partial charge in [0, 0.05) is 22.3 Å². The van der Waals surface area contributed by atoms with Crippen molar-refractivity contribution in [1.82, 2.24) is 4.90 Å². The fourth-order valence-electron chi connectivity index (χ4n) is 7.30. The smallest absolute Gasteiger partial charge is 0.344 e. The van der Waals surface area contributed by atoms with Crippen LogP contribution in [0.1, 0.15) is 34.1 Å². The van der Waals surface area contributed by atoms with Crippen molar-refractivity contribution in [3.8, 4) is 5.75 Å². The molecule has 3 aromatic rings. The summed E-state index contributed by atoms with van der Waals surface area (Å²) in [5.41, 5.74) is 4.59. The van der Waals surface area contributed by atoms with Crippen LogP contribution < -0.4 is 4.74 Å². The summed E-state index contributed by atoms with van der Waals surface area (Å²) in [6.45, 7) is -0.427. The zero-order chi connectivity index (χ0) is 25.5. The number of fused-ring (bicyclic) bond motifs is 7. The molecule has 4 atom stereocenters. The summed E-state index contributed by atoms with van der Waals surface area (Å²) >= 11 is 11.9. The van der Waals surface area contributed by atoms with E-state index in [1.165, 1.54) is 33.2 Å². The molecule has 3 aromatic carbocycles. The van der Waals surface area contributed by atoms with E-state index in [1.807, 2.05) is 24.3 Å². The number of amides is 2. The SMILES string of the molecule is O=C(COc1ccc(Cl)cc1Cl)OCCN1C(=O)C2C(C1=O)C1c3ccccc3C13c1ccccc1C23. The first-order valence-corrected chi connectivity index (χ1v) is 13.0. The topological polar surface area (TPSA) is 72.9 Å². The molecule has 4 aliphatic rings. The normalized spacial score (nSPS) is 27.8. The first kappa shape index (κ1) is 22.8. The predicted molar refractivity (Wildman–Crippen MR) is 136 cm³/mol. The molecular weight excluding hydrogens is 513 g/mol. The van der Waals surface area contributed by atoms with Crippen molar-refractivity contribution in [2.24, 2.45) is 11.8 Å². The van der Waals surface area contributed by atoms with E-state index in [0.717, 1.165) is 0 Å². The van der Waals surface area contributed by atoms with Crippen LogP contribution in [0.15, 0.2) is 66.7 Å². The molecule has 1 saturated carbocycles. The molecule has 1 spiro atoms. The summed E-state index contributed by atoms with van der Waals surface area (Å²) < 4.78 is 10.7. The number of likely N-dealkylation sites (tertiary alicyclic amines) is 1. The van der Waals surface area contributed by atoms with Gasteiger partial charge in [-0.15, -0.1) is 0 Å². The Morgan fingerprint density at radius 2 is 1.46 bits per heavy atom. The van der Waals surface area contributed by atoms with E-state index in [-0.39, 0.29) is 53.8 Å². The number of imide groups is 1. The van der Waals surface area contributed by atoms with Crippen LogP contribution in [-0.2, 0) is 24.5 Å². The lowest BCUT2D eigenvalue weighted by Gasteiger charge is -2.59. The van der Waals surface area contributed by atoms with Gasteiger partial charge in [0.05, 0.1) is 23.4 Å². The first-order valence-electron chi connectivity index (χ1n) is 12.2. The second-order valence-electron chi connectivity index (χ2n) is 9.96. The molecule has 4 unspecified atom stereocenters. The Hall–Kier alpha value is -3.35. The number of halogens is 2. The van der Waals surface area contributed by atoms with Gasteiger partial charge in [-0.1, -0.05) is 71.7 Å². The van der Waals surface area contributed by atoms with Gasteiger partial charge in [0.25, 0.3) is 0 Å². The number of hydrogen-bond acceptors (Lipinski definition) is 5.